The molecule has 0 aliphatic rings. The summed E-state index contributed by atoms with van der Waals surface area (Å²) in [4.78, 5) is 0. The van der Waals surface area contributed by atoms with Crippen LogP contribution in [0.2, 0.25) is 0 Å². The molecule has 0 fully saturated rings. The highest BCUT2D eigenvalue weighted by atomic mass is 31.2. The van der Waals surface area contributed by atoms with Gasteiger partial charge in [0.05, 0.1) is 42.3 Å². The van der Waals surface area contributed by atoms with E-state index in [1.807, 2.05) is 60.5 Å². The first kappa shape index (κ1) is 20.1. The van der Waals surface area contributed by atoms with Gasteiger partial charge in [0, 0.05) is 0 Å². The lowest BCUT2D eigenvalue weighted by Gasteiger charge is -2.26. The minimum atomic E-state index is -3.63. The maximum absolute atomic E-state index is 12.9. The molecule has 0 bridgehead atoms. The Morgan fingerprint density at radius 2 is 1.26 bits per heavy atom. The van der Waals surface area contributed by atoms with E-state index in [4.69, 9.17) is 13.6 Å². The fourth-order valence-electron chi connectivity index (χ4n) is 1.55. The van der Waals surface area contributed by atoms with E-state index in [-0.39, 0.29) is 0 Å². The standard InChI is InChI=1S/C16H31N2O4P/c1-17(2,3)12-14-20-23(19,21-15-13-18(4,5)6)22-16-10-8-7-9-11-16/h7-11H,12-15H2,1-6H3/q+2. The minimum absolute atomic E-state index is 0.304. The molecular formula is C16H31N2O4P+2. The molecule has 0 aliphatic carbocycles. The van der Waals surface area contributed by atoms with Gasteiger partial charge < -0.3 is 13.5 Å². The van der Waals surface area contributed by atoms with Gasteiger partial charge in [-0.05, 0) is 12.1 Å². The molecule has 1 rings (SSSR count). The molecule has 0 heterocycles. The van der Waals surface area contributed by atoms with Crippen molar-refractivity contribution in [1.29, 1.82) is 0 Å². The minimum Gasteiger partial charge on any atom is -0.404 e. The van der Waals surface area contributed by atoms with Crippen molar-refractivity contribution in [3.8, 4) is 5.75 Å². The number of phosphoric ester groups is 1. The Morgan fingerprint density at radius 3 is 1.65 bits per heavy atom. The Hall–Kier alpha value is -0.910. The highest BCUT2D eigenvalue weighted by Gasteiger charge is 2.30. The van der Waals surface area contributed by atoms with E-state index in [9.17, 15) is 4.57 Å². The van der Waals surface area contributed by atoms with E-state index in [1.165, 1.54) is 0 Å². The molecule has 6 nitrogen and oxygen atoms in total. The van der Waals surface area contributed by atoms with Gasteiger partial charge in [-0.3, -0.25) is 9.05 Å². The van der Waals surface area contributed by atoms with Gasteiger partial charge in [-0.2, -0.15) is 0 Å². The Balaban J connectivity index is 2.68. The number of hydrogen-bond acceptors (Lipinski definition) is 4. The smallest absolute Gasteiger partial charge is 0.404 e. The SMILES string of the molecule is C[N+](C)(C)CCOP(=O)(OCC[N+](C)(C)C)Oc1ccccc1. The number of benzene rings is 1. The summed E-state index contributed by atoms with van der Waals surface area (Å²) < 4.78 is 30.9. The van der Waals surface area contributed by atoms with Crippen LogP contribution in [0.15, 0.2) is 30.3 Å². The molecule has 0 saturated heterocycles. The number of para-hydroxylation sites is 1. The molecule has 0 aliphatic heterocycles. The number of rotatable bonds is 10. The average molecular weight is 346 g/mol. The lowest BCUT2D eigenvalue weighted by molar-refractivity contribution is -0.870. The summed E-state index contributed by atoms with van der Waals surface area (Å²) in [6.45, 7) is 2.03. The van der Waals surface area contributed by atoms with Crippen molar-refractivity contribution < 1.29 is 27.1 Å². The van der Waals surface area contributed by atoms with Crippen LogP contribution in [0.4, 0.5) is 0 Å². The van der Waals surface area contributed by atoms with E-state index in [2.05, 4.69) is 0 Å². The largest absolute Gasteiger partial charge is 0.530 e. The van der Waals surface area contributed by atoms with E-state index < -0.39 is 7.82 Å². The van der Waals surface area contributed by atoms with Crippen molar-refractivity contribution in [3.63, 3.8) is 0 Å². The summed E-state index contributed by atoms with van der Waals surface area (Å²) in [5.74, 6) is 0.478. The molecular weight excluding hydrogens is 315 g/mol. The van der Waals surface area contributed by atoms with Gasteiger partial charge in [-0.15, -0.1) is 0 Å². The molecule has 0 spiro atoms. The highest BCUT2D eigenvalue weighted by molar-refractivity contribution is 7.48. The molecule has 1 aromatic carbocycles. The third kappa shape index (κ3) is 9.74. The van der Waals surface area contributed by atoms with E-state index >= 15 is 0 Å². The van der Waals surface area contributed by atoms with Crippen molar-refractivity contribution in [3.05, 3.63) is 30.3 Å². The maximum Gasteiger partial charge on any atom is 0.530 e. The molecule has 0 unspecified atom stereocenters. The second-order valence-electron chi connectivity index (χ2n) is 7.55. The quantitative estimate of drug-likeness (QED) is 0.483. The molecule has 0 amide bonds. The molecule has 0 N–H and O–H groups in total. The fraction of sp³-hybridized carbons (Fsp3) is 0.625. The van der Waals surface area contributed by atoms with Gasteiger partial charge in [0.15, 0.2) is 0 Å². The van der Waals surface area contributed by atoms with E-state index in [0.717, 1.165) is 0 Å². The van der Waals surface area contributed by atoms with Gasteiger partial charge in [0.2, 0.25) is 0 Å². The number of likely N-dealkylation sites (N-methyl/N-ethyl adjacent to an activating group) is 2. The molecule has 0 saturated carbocycles. The summed E-state index contributed by atoms with van der Waals surface area (Å²) in [7, 11) is 8.64. The number of hydrogen-bond donors (Lipinski definition) is 0. The number of phosphoric acid groups is 1. The fourth-order valence-corrected chi connectivity index (χ4v) is 2.72. The predicted octanol–water partition coefficient (Wildman–Crippen LogP) is 2.62. The second-order valence-corrected chi connectivity index (χ2v) is 9.14. The molecule has 132 valence electrons. The van der Waals surface area contributed by atoms with Crippen molar-refractivity contribution in [2.75, 3.05) is 68.6 Å². The third-order valence-corrected chi connectivity index (χ3v) is 4.42. The topological polar surface area (TPSA) is 44.8 Å². The lowest BCUT2D eigenvalue weighted by Crippen LogP contribution is -2.38. The van der Waals surface area contributed by atoms with Gasteiger partial charge in [0.1, 0.15) is 32.1 Å². The molecule has 0 aromatic heterocycles. The second kappa shape index (κ2) is 8.27. The molecule has 1 aromatic rings. The lowest BCUT2D eigenvalue weighted by atomic mass is 10.3. The zero-order valence-electron chi connectivity index (χ0n) is 15.2. The Kier molecular flexibility index (Phi) is 7.24. The maximum atomic E-state index is 12.9. The average Bonchev–Trinajstić information content (AvgIpc) is 2.36. The van der Waals surface area contributed by atoms with E-state index in [1.54, 1.807) is 12.1 Å². The molecule has 0 radical (unpaired) electrons. The first-order chi connectivity index (χ1) is 10.5. The first-order valence-electron chi connectivity index (χ1n) is 7.74. The molecule has 23 heavy (non-hydrogen) atoms. The van der Waals surface area contributed by atoms with Crippen LogP contribution in [0.1, 0.15) is 0 Å². The Morgan fingerprint density at radius 1 is 0.826 bits per heavy atom. The van der Waals surface area contributed by atoms with Crippen molar-refractivity contribution in [2.45, 2.75) is 0 Å². The van der Waals surface area contributed by atoms with Crippen LogP contribution in [0, 0.1) is 0 Å². The number of quaternary nitrogens is 2. The normalized spacial score (nSPS) is 13.1. The van der Waals surface area contributed by atoms with Gasteiger partial charge in [0.25, 0.3) is 0 Å². The monoisotopic (exact) mass is 346 g/mol. The molecule has 7 heteroatoms. The van der Waals surface area contributed by atoms with Gasteiger partial charge in [-0.25, -0.2) is 4.57 Å². The summed E-state index contributed by atoms with van der Waals surface area (Å²) in [6.07, 6.45) is 0. The first-order valence-corrected chi connectivity index (χ1v) is 9.20. The van der Waals surface area contributed by atoms with Gasteiger partial charge >= 0.3 is 7.82 Å². The van der Waals surface area contributed by atoms with Crippen LogP contribution < -0.4 is 4.52 Å². The Bertz CT molecular complexity index is 485. The van der Waals surface area contributed by atoms with Crippen LogP contribution in [0.25, 0.3) is 0 Å². The van der Waals surface area contributed by atoms with Gasteiger partial charge in [-0.1, -0.05) is 18.2 Å². The third-order valence-electron chi connectivity index (χ3n) is 2.98. The Labute approximate surface area is 140 Å². The molecule has 0 atom stereocenters. The van der Waals surface area contributed by atoms with Crippen molar-refractivity contribution in [2.24, 2.45) is 0 Å². The van der Waals surface area contributed by atoms with Crippen LogP contribution in [-0.4, -0.2) is 77.6 Å². The van der Waals surface area contributed by atoms with Crippen molar-refractivity contribution >= 4 is 7.82 Å². The number of nitrogens with zero attached hydrogens (tertiary/aromatic N) is 2. The summed E-state index contributed by atoms with van der Waals surface area (Å²) in [5, 5.41) is 0. The zero-order valence-corrected chi connectivity index (χ0v) is 16.1. The van der Waals surface area contributed by atoms with E-state index in [0.29, 0.717) is 41.0 Å². The summed E-state index contributed by atoms with van der Waals surface area (Å²) >= 11 is 0. The zero-order chi connectivity index (χ0) is 17.6. The van der Waals surface area contributed by atoms with Crippen molar-refractivity contribution in [1.82, 2.24) is 0 Å². The van der Waals surface area contributed by atoms with Crippen LogP contribution in [-0.2, 0) is 13.6 Å². The predicted molar refractivity (Wildman–Crippen MR) is 92.4 cm³/mol. The van der Waals surface area contributed by atoms with Crippen LogP contribution in [0.3, 0.4) is 0 Å². The van der Waals surface area contributed by atoms with Crippen LogP contribution >= 0.6 is 7.82 Å². The van der Waals surface area contributed by atoms with Crippen LogP contribution in [0.5, 0.6) is 5.75 Å². The summed E-state index contributed by atoms with van der Waals surface area (Å²) in [6, 6.07) is 8.97. The summed E-state index contributed by atoms with van der Waals surface area (Å²) in [5.41, 5.74) is 0. The highest BCUT2D eigenvalue weighted by Crippen LogP contribution is 2.49.